The Morgan fingerprint density at radius 2 is 1.29 bits per heavy atom. The molecule has 1 saturated heterocycles. The van der Waals surface area contributed by atoms with Crippen LogP contribution in [-0.4, -0.2) is 20.4 Å². The Hall–Kier alpha value is -0.160. The summed E-state index contributed by atoms with van der Waals surface area (Å²) >= 11 is 0. The standard InChI is InChI=1S/C3H6O4/c1-4-2-6-7-3-5-1/h1-3H2. The van der Waals surface area contributed by atoms with E-state index in [0.29, 0.717) is 0 Å². The molecule has 0 spiro atoms. The summed E-state index contributed by atoms with van der Waals surface area (Å²) < 4.78 is 9.25. The maximum absolute atomic E-state index is 4.62. The second kappa shape index (κ2) is 2.92. The first-order chi connectivity index (χ1) is 3.50. The molecule has 0 aliphatic carbocycles. The lowest BCUT2D eigenvalue weighted by Crippen LogP contribution is -1.94. The Bertz CT molecular complexity index is 26.5. The third-order valence-electron chi connectivity index (χ3n) is 0.513. The van der Waals surface area contributed by atoms with Crippen LogP contribution in [0.25, 0.3) is 0 Å². The molecule has 0 amide bonds. The van der Waals surface area contributed by atoms with E-state index in [1.807, 2.05) is 0 Å². The maximum Gasteiger partial charge on any atom is 0.183 e. The first-order valence-electron chi connectivity index (χ1n) is 1.90. The van der Waals surface area contributed by atoms with Gasteiger partial charge in [0, 0.05) is 0 Å². The van der Waals surface area contributed by atoms with Gasteiger partial charge in [-0.1, -0.05) is 0 Å². The molecule has 1 aliphatic rings. The van der Waals surface area contributed by atoms with E-state index < -0.39 is 0 Å². The van der Waals surface area contributed by atoms with Crippen molar-refractivity contribution in [3.05, 3.63) is 0 Å². The lowest BCUT2D eigenvalue weighted by atomic mass is 11.3. The van der Waals surface area contributed by atoms with Gasteiger partial charge >= 0.3 is 0 Å². The van der Waals surface area contributed by atoms with E-state index in [2.05, 4.69) is 19.2 Å². The molecule has 0 unspecified atom stereocenters. The Labute approximate surface area is 40.8 Å². The van der Waals surface area contributed by atoms with Gasteiger partial charge in [0.1, 0.15) is 0 Å². The molecular weight excluding hydrogens is 100 g/mol. The van der Waals surface area contributed by atoms with Crippen LogP contribution in [0.1, 0.15) is 0 Å². The van der Waals surface area contributed by atoms with Gasteiger partial charge in [0.25, 0.3) is 0 Å². The third-order valence-corrected chi connectivity index (χ3v) is 0.513. The number of hydrogen-bond acceptors (Lipinski definition) is 4. The molecule has 1 heterocycles. The molecule has 0 N–H and O–H groups in total. The highest BCUT2D eigenvalue weighted by atomic mass is 17.2. The van der Waals surface area contributed by atoms with Crippen molar-refractivity contribution in [1.82, 2.24) is 0 Å². The van der Waals surface area contributed by atoms with Crippen LogP contribution in [0.3, 0.4) is 0 Å². The first kappa shape index (κ1) is 4.99. The summed E-state index contributed by atoms with van der Waals surface area (Å²) in [4.78, 5) is 8.69. The molecule has 1 aliphatic heterocycles. The highest BCUT2D eigenvalue weighted by Crippen LogP contribution is 1.88. The predicted octanol–water partition coefficient (Wildman–Crippen LogP) is -0.146. The van der Waals surface area contributed by atoms with Crippen molar-refractivity contribution in [3.8, 4) is 0 Å². The smallest absolute Gasteiger partial charge is 0.183 e. The van der Waals surface area contributed by atoms with Gasteiger partial charge in [0.05, 0.1) is 0 Å². The summed E-state index contributed by atoms with van der Waals surface area (Å²) in [5.74, 6) is 0. The van der Waals surface area contributed by atoms with Crippen molar-refractivity contribution in [3.63, 3.8) is 0 Å². The molecular formula is C3H6O4. The molecule has 4 heteroatoms. The van der Waals surface area contributed by atoms with E-state index in [1.165, 1.54) is 0 Å². The predicted molar refractivity (Wildman–Crippen MR) is 18.9 cm³/mol. The summed E-state index contributed by atoms with van der Waals surface area (Å²) in [7, 11) is 0. The minimum absolute atomic E-state index is 0.153. The average molecular weight is 106 g/mol. The zero-order chi connectivity index (χ0) is 4.95. The van der Waals surface area contributed by atoms with E-state index in [9.17, 15) is 0 Å². The van der Waals surface area contributed by atoms with Gasteiger partial charge in [-0.2, -0.15) is 0 Å². The molecule has 42 valence electrons. The molecule has 0 aromatic rings. The Balaban J connectivity index is 2.04. The van der Waals surface area contributed by atoms with E-state index in [4.69, 9.17) is 0 Å². The average Bonchev–Trinajstić information content (AvgIpc) is 1.90. The van der Waals surface area contributed by atoms with Gasteiger partial charge in [-0.15, -0.1) is 0 Å². The first-order valence-corrected chi connectivity index (χ1v) is 1.90. The molecule has 1 rings (SSSR count). The highest BCUT2D eigenvalue weighted by molar-refractivity contribution is 4.02. The molecule has 0 aromatic heterocycles. The van der Waals surface area contributed by atoms with Crippen molar-refractivity contribution < 1.29 is 19.2 Å². The van der Waals surface area contributed by atoms with Crippen molar-refractivity contribution in [2.75, 3.05) is 20.4 Å². The SMILES string of the molecule is C1OCOOCO1. The molecule has 0 radical (unpaired) electrons. The van der Waals surface area contributed by atoms with E-state index in [1.54, 1.807) is 0 Å². The van der Waals surface area contributed by atoms with Crippen LogP contribution in [0.5, 0.6) is 0 Å². The Kier molecular flexibility index (Phi) is 2.08. The lowest BCUT2D eigenvalue weighted by Gasteiger charge is -1.90. The molecule has 0 aromatic carbocycles. The van der Waals surface area contributed by atoms with Crippen molar-refractivity contribution in [2.24, 2.45) is 0 Å². The van der Waals surface area contributed by atoms with E-state index >= 15 is 0 Å². The van der Waals surface area contributed by atoms with Crippen LogP contribution >= 0.6 is 0 Å². The number of ether oxygens (including phenoxy) is 2. The fourth-order valence-electron chi connectivity index (χ4n) is 0.263. The van der Waals surface area contributed by atoms with E-state index in [0.717, 1.165) is 0 Å². The summed E-state index contributed by atoms with van der Waals surface area (Å²) in [5, 5.41) is 0. The second-order valence-electron chi connectivity index (χ2n) is 0.998. The quantitative estimate of drug-likeness (QED) is 0.402. The largest absolute Gasteiger partial charge is 0.326 e. The van der Waals surface area contributed by atoms with Crippen LogP contribution in [0.15, 0.2) is 0 Å². The van der Waals surface area contributed by atoms with Gasteiger partial charge in [-0.3, -0.25) is 0 Å². The van der Waals surface area contributed by atoms with Gasteiger partial charge in [-0.05, 0) is 0 Å². The molecule has 7 heavy (non-hydrogen) atoms. The van der Waals surface area contributed by atoms with Gasteiger partial charge in [-0.25, -0.2) is 9.78 Å². The van der Waals surface area contributed by atoms with Gasteiger partial charge in [0.2, 0.25) is 0 Å². The minimum atomic E-state index is 0.153. The summed E-state index contributed by atoms with van der Waals surface area (Å²) in [6.45, 7) is 0.556. The third kappa shape index (κ3) is 1.84. The molecule has 4 nitrogen and oxygen atoms in total. The van der Waals surface area contributed by atoms with Crippen LogP contribution in [-0.2, 0) is 19.2 Å². The maximum atomic E-state index is 4.62. The molecule has 0 bridgehead atoms. The Morgan fingerprint density at radius 3 is 1.86 bits per heavy atom. The fourth-order valence-corrected chi connectivity index (χ4v) is 0.263. The van der Waals surface area contributed by atoms with E-state index in [-0.39, 0.29) is 20.4 Å². The van der Waals surface area contributed by atoms with Crippen molar-refractivity contribution in [1.29, 1.82) is 0 Å². The summed E-state index contributed by atoms with van der Waals surface area (Å²) in [6, 6.07) is 0. The highest BCUT2D eigenvalue weighted by Gasteiger charge is 1.94. The molecule has 0 saturated carbocycles. The molecule has 0 atom stereocenters. The zero-order valence-electron chi connectivity index (χ0n) is 3.75. The van der Waals surface area contributed by atoms with Crippen LogP contribution < -0.4 is 0 Å². The normalized spacial score (nSPS) is 24.0. The second-order valence-corrected chi connectivity index (χ2v) is 0.998. The minimum Gasteiger partial charge on any atom is -0.326 e. The lowest BCUT2D eigenvalue weighted by molar-refractivity contribution is -0.334. The zero-order valence-corrected chi connectivity index (χ0v) is 3.75. The Morgan fingerprint density at radius 1 is 0.714 bits per heavy atom. The van der Waals surface area contributed by atoms with Crippen LogP contribution in [0.4, 0.5) is 0 Å². The van der Waals surface area contributed by atoms with Crippen LogP contribution in [0, 0.1) is 0 Å². The van der Waals surface area contributed by atoms with Gasteiger partial charge in [0.15, 0.2) is 20.4 Å². The molecule has 1 fully saturated rings. The summed E-state index contributed by atoms with van der Waals surface area (Å²) in [5.41, 5.74) is 0. The monoisotopic (exact) mass is 106 g/mol. The van der Waals surface area contributed by atoms with Crippen molar-refractivity contribution >= 4 is 0 Å². The number of rotatable bonds is 0. The van der Waals surface area contributed by atoms with Gasteiger partial charge < -0.3 is 9.47 Å². The van der Waals surface area contributed by atoms with Crippen molar-refractivity contribution in [2.45, 2.75) is 0 Å². The fraction of sp³-hybridized carbons (Fsp3) is 1.00. The summed E-state index contributed by atoms with van der Waals surface area (Å²) in [6.07, 6.45) is 0. The number of hydrogen-bond donors (Lipinski definition) is 0. The topological polar surface area (TPSA) is 36.9 Å². The van der Waals surface area contributed by atoms with Crippen LogP contribution in [0.2, 0.25) is 0 Å².